The zero-order chi connectivity index (χ0) is 21.6. The Balaban J connectivity index is 1.21. The molecule has 0 saturated heterocycles. The van der Waals surface area contributed by atoms with Crippen molar-refractivity contribution >= 4 is 11.8 Å². The molecular formula is C26H32N2O3. The van der Waals surface area contributed by atoms with E-state index in [0.29, 0.717) is 37.2 Å². The van der Waals surface area contributed by atoms with Crippen LogP contribution in [-0.4, -0.2) is 35.4 Å². The summed E-state index contributed by atoms with van der Waals surface area (Å²) in [7, 11) is 0. The predicted molar refractivity (Wildman–Crippen MR) is 121 cm³/mol. The molecule has 0 spiro atoms. The lowest BCUT2D eigenvalue weighted by atomic mass is 10.1. The summed E-state index contributed by atoms with van der Waals surface area (Å²) in [5, 5.41) is 3.01. The number of benzene rings is 2. The average molecular weight is 421 g/mol. The minimum absolute atomic E-state index is 0.00272. The number of carbonyl (C=O) groups excluding carboxylic acids is 2. The maximum absolute atomic E-state index is 12.8. The van der Waals surface area contributed by atoms with Gasteiger partial charge in [-0.25, -0.2) is 0 Å². The summed E-state index contributed by atoms with van der Waals surface area (Å²) in [6.07, 6.45) is 6.58. The number of ether oxygens (including phenoxy) is 1. The molecule has 4 rings (SSSR count). The number of unbranched alkanes of at least 4 members (excludes halogenated alkanes) is 1. The molecule has 1 N–H and O–H groups in total. The lowest BCUT2D eigenvalue weighted by molar-refractivity contribution is -0.132. The lowest BCUT2D eigenvalue weighted by Gasteiger charge is -2.23. The number of carbonyl (C=O) groups is 2. The number of aryl methyl sites for hydroxylation is 1. The van der Waals surface area contributed by atoms with Crippen molar-refractivity contribution < 1.29 is 14.3 Å². The summed E-state index contributed by atoms with van der Waals surface area (Å²) in [6.45, 7) is 3.30. The van der Waals surface area contributed by atoms with Gasteiger partial charge in [0.05, 0.1) is 6.61 Å². The van der Waals surface area contributed by atoms with Crippen molar-refractivity contribution in [1.29, 1.82) is 0 Å². The van der Waals surface area contributed by atoms with Crippen LogP contribution in [0.1, 0.15) is 66.4 Å². The lowest BCUT2D eigenvalue weighted by Crippen LogP contribution is -2.32. The van der Waals surface area contributed by atoms with Crippen LogP contribution in [0.25, 0.3) is 0 Å². The first-order chi connectivity index (χ1) is 15.1. The monoisotopic (exact) mass is 420 g/mol. The van der Waals surface area contributed by atoms with Gasteiger partial charge in [-0.2, -0.15) is 0 Å². The quantitative estimate of drug-likeness (QED) is 0.539. The van der Waals surface area contributed by atoms with Crippen molar-refractivity contribution in [3.8, 4) is 5.75 Å². The van der Waals surface area contributed by atoms with Gasteiger partial charge in [0.1, 0.15) is 5.75 Å². The van der Waals surface area contributed by atoms with Gasteiger partial charge in [-0.05, 0) is 80.8 Å². The van der Waals surface area contributed by atoms with Gasteiger partial charge in [0, 0.05) is 30.6 Å². The molecule has 2 aliphatic carbocycles. The summed E-state index contributed by atoms with van der Waals surface area (Å²) in [4.78, 5) is 27.0. The number of nitrogens with zero attached hydrogens (tertiary/aromatic N) is 1. The van der Waals surface area contributed by atoms with Crippen LogP contribution in [-0.2, 0) is 11.3 Å². The fraction of sp³-hybridized carbons (Fsp3) is 0.462. The van der Waals surface area contributed by atoms with E-state index < -0.39 is 0 Å². The van der Waals surface area contributed by atoms with Crippen LogP contribution < -0.4 is 10.1 Å². The molecule has 2 aliphatic rings. The first kappa shape index (κ1) is 21.4. The number of rotatable bonds is 11. The third-order valence-corrected chi connectivity index (χ3v) is 5.83. The van der Waals surface area contributed by atoms with Crippen LogP contribution in [0.2, 0.25) is 0 Å². The van der Waals surface area contributed by atoms with Gasteiger partial charge in [0.25, 0.3) is 5.91 Å². The zero-order valence-electron chi connectivity index (χ0n) is 18.3. The largest absolute Gasteiger partial charge is 0.494 e. The number of hydrogen-bond donors (Lipinski definition) is 1. The maximum Gasteiger partial charge on any atom is 0.251 e. The first-order valence-electron chi connectivity index (χ1n) is 11.5. The van der Waals surface area contributed by atoms with Crippen molar-refractivity contribution in [2.75, 3.05) is 6.61 Å². The van der Waals surface area contributed by atoms with Gasteiger partial charge in [0.15, 0.2) is 0 Å². The molecule has 0 atom stereocenters. The van der Waals surface area contributed by atoms with E-state index in [4.69, 9.17) is 4.74 Å². The van der Waals surface area contributed by atoms with E-state index in [-0.39, 0.29) is 11.8 Å². The van der Waals surface area contributed by atoms with Crippen molar-refractivity contribution in [2.24, 2.45) is 0 Å². The molecule has 0 radical (unpaired) electrons. The second-order valence-corrected chi connectivity index (χ2v) is 8.82. The molecule has 2 fully saturated rings. The molecule has 0 bridgehead atoms. The molecule has 164 valence electrons. The predicted octanol–water partition coefficient (Wildman–Crippen LogP) is 4.63. The Morgan fingerprint density at radius 3 is 2.48 bits per heavy atom. The second-order valence-electron chi connectivity index (χ2n) is 8.82. The Bertz CT molecular complexity index is 901. The van der Waals surface area contributed by atoms with Crippen molar-refractivity contribution in [2.45, 2.75) is 70.5 Å². The number of nitrogens with one attached hydrogen (secondary N) is 1. The molecule has 31 heavy (non-hydrogen) atoms. The minimum atomic E-state index is -0.00272. The summed E-state index contributed by atoms with van der Waals surface area (Å²) in [6, 6.07) is 16.4. The molecule has 5 heteroatoms. The normalized spacial score (nSPS) is 15.4. The molecule has 2 amide bonds. The Morgan fingerprint density at radius 1 is 1.03 bits per heavy atom. The summed E-state index contributed by atoms with van der Waals surface area (Å²) in [5.74, 6) is 1.10. The van der Waals surface area contributed by atoms with Crippen LogP contribution >= 0.6 is 0 Å². The minimum Gasteiger partial charge on any atom is -0.494 e. The van der Waals surface area contributed by atoms with E-state index in [2.05, 4.69) is 18.3 Å². The number of amides is 2. The van der Waals surface area contributed by atoms with E-state index in [0.717, 1.165) is 49.8 Å². The average Bonchev–Trinajstić information content (AvgIpc) is 3.67. The SMILES string of the molecule is Cc1cccc(OCCCCC(=O)N(Cc2ccc(C(=O)NC3CC3)cc2)C2CC2)c1. The Morgan fingerprint density at radius 2 is 1.81 bits per heavy atom. The molecule has 0 heterocycles. The van der Waals surface area contributed by atoms with Crippen LogP contribution in [0.3, 0.4) is 0 Å². The molecule has 2 aromatic rings. The second kappa shape index (κ2) is 9.99. The standard InChI is InChI=1S/C26H32N2O3/c1-19-5-4-6-24(17-19)31-16-3-2-7-25(29)28(23-14-15-23)18-20-8-10-21(11-9-20)26(30)27-22-12-13-22/h4-6,8-11,17,22-23H,2-3,7,12-16,18H2,1H3,(H,27,30). The van der Waals surface area contributed by atoms with Crippen LogP contribution in [0.5, 0.6) is 5.75 Å². The molecule has 2 saturated carbocycles. The van der Waals surface area contributed by atoms with E-state index >= 15 is 0 Å². The molecule has 0 aromatic heterocycles. The van der Waals surface area contributed by atoms with Gasteiger partial charge in [-0.1, -0.05) is 24.3 Å². The zero-order valence-corrected chi connectivity index (χ0v) is 18.3. The highest BCUT2D eigenvalue weighted by Crippen LogP contribution is 2.29. The maximum atomic E-state index is 12.8. The highest BCUT2D eigenvalue weighted by atomic mass is 16.5. The van der Waals surface area contributed by atoms with E-state index in [1.165, 1.54) is 5.56 Å². The van der Waals surface area contributed by atoms with Crippen LogP contribution in [0.4, 0.5) is 0 Å². The number of hydrogen-bond acceptors (Lipinski definition) is 3. The Kier molecular flexibility index (Phi) is 6.90. The third kappa shape index (κ3) is 6.58. The van der Waals surface area contributed by atoms with Gasteiger partial charge in [-0.15, -0.1) is 0 Å². The first-order valence-corrected chi connectivity index (χ1v) is 11.5. The van der Waals surface area contributed by atoms with Gasteiger partial charge in [0.2, 0.25) is 5.91 Å². The summed E-state index contributed by atoms with van der Waals surface area (Å²) in [5.41, 5.74) is 2.95. The summed E-state index contributed by atoms with van der Waals surface area (Å²) >= 11 is 0. The third-order valence-electron chi connectivity index (χ3n) is 5.83. The topological polar surface area (TPSA) is 58.6 Å². The highest BCUT2D eigenvalue weighted by Gasteiger charge is 2.32. The van der Waals surface area contributed by atoms with E-state index in [1.54, 1.807) is 0 Å². The fourth-order valence-corrected chi connectivity index (χ4v) is 3.68. The molecule has 5 nitrogen and oxygen atoms in total. The Labute approximate surface area is 184 Å². The van der Waals surface area contributed by atoms with E-state index in [1.807, 2.05) is 47.4 Å². The highest BCUT2D eigenvalue weighted by molar-refractivity contribution is 5.94. The van der Waals surface area contributed by atoms with E-state index in [9.17, 15) is 9.59 Å². The fourth-order valence-electron chi connectivity index (χ4n) is 3.68. The van der Waals surface area contributed by atoms with Crippen molar-refractivity contribution in [1.82, 2.24) is 10.2 Å². The summed E-state index contributed by atoms with van der Waals surface area (Å²) < 4.78 is 5.79. The molecular weight excluding hydrogens is 388 g/mol. The van der Waals surface area contributed by atoms with Crippen LogP contribution in [0.15, 0.2) is 48.5 Å². The van der Waals surface area contributed by atoms with Crippen molar-refractivity contribution in [3.63, 3.8) is 0 Å². The molecule has 0 unspecified atom stereocenters. The van der Waals surface area contributed by atoms with Gasteiger partial charge < -0.3 is 15.0 Å². The van der Waals surface area contributed by atoms with Gasteiger partial charge >= 0.3 is 0 Å². The smallest absolute Gasteiger partial charge is 0.251 e. The molecule has 0 aliphatic heterocycles. The van der Waals surface area contributed by atoms with Crippen molar-refractivity contribution in [3.05, 3.63) is 65.2 Å². The molecule has 2 aromatic carbocycles. The van der Waals surface area contributed by atoms with Gasteiger partial charge in [-0.3, -0.25) is 9.59 Å². The Hall–Kier alpha value is -2.82. The van der Waals surface area contributed by atoms with Crippen LogP contribution in [0, 0.1) is 6.92 Å².